The molecule has 0 saturated heterocycles. The predicted octanol–water partition coefficient (Wildman–Crippen LogP) is 2.84. The zero-order valence-electron chi connectivity index (χ0n) is 11.6. The van der Waals surface area contributed by atoms with Gasteiger partial charge in [0.1, 0.15) is 0 Å². The first kappa shape index (κ1) is 12.0. The number of rotatable bonds is 1. The van der Waals surface area contributed by atoms with Crippen LogP contribution in [0.5, 0.6) is 0 Å². The highest BCUT2D eigenvalue weighted by Crippen LogP contribution is 2.63. The minimum absolute atomic E-state index is 0.0353. The third-order valence-corrected chi connectivity index (χ3v) is 5.95. The molecule has 0 aromatic heterocycles. The normalized spacial score (nSPS) is 53.1. The lowest BCUT2D eigenvalue weighted by Gasteiger charge is -2.65. The van der Waals surface area contributed by atoms with Crippen LogP contribution in [0.25, 0.3) is 0 Å². The van der Waals surface area contributed by atoms with E-state index in [4.69, 9.17) is 4.74 Å². The monoisotopic (exact) mass is 238 g/mol. The summed E-state index contributed by atoms with van der Waals surface area (Å²) < 4.78 is 5.76. The van der Waals surface area contributed by atoms with E-state index in [0.717, 1.165) is 5.92 Å². The van der Waals surface area contributed by atoms with Crippen LogP contribution in [0.15, 0.2) is 0 Å². The van der Waals surface area contributed by atoms with Crippen molar-refractivity contribution in [2.45, 2.75) is 58.2 Å². The Morgan fingerprint density at radius 3 is 2.41 bits per heavy atom. The molecule has 4 saturated carbocycles. The summed E-state index contributed by atoms with van der Waals surface area (Å²) in [4.78, 5) is 0. The van der Waals surface area contributed by atoms with Crippen molar-refractivity contribution < 1.29 is 9.84 Å². The molecule has 4 fully saturated rings. The Morgan fingerprint density at radius 2 is 1.82 bits per heavy atom. The van der Waals surface area contributed by atoms with Crippen LogP contribution in [-0.2, 0) is 4.74 Å². The lowest BCUT2D eigenvalue weighted by Crippen LogP contribution is -2.68. The molecule has 0 heterocycles. The SMILES string of the molecule is CO[C@@H]1[C@@H]2C[C@H]3C[C@@H](C2)[C@@](O)(C(C)(C)C)[C@@H]1C3. The van der Waals surface area contributed by atoms with E-state index in [0.29, 0.717) is 23.9 Å². The summed E-state index contributed by atoms with van der Waals surface area (Å²) in [6.45, 7) is 6.59. The highest BCUT2D eigenvalue weighted by Gasteiger charge is 2.64. The van der Waals surface area contributed by atoms with E-state index in [-0.39, 0.29) is 5.41 Å². The molecule has 0 amide bonds. The van der Waals surface area contributed by atoms with Crippen molar-refractivity contribution in [2.75, 3.05) is 7.11 Å². The summed E-state index contributed by atoms with van der Waals surface area (Å²) in [5, 5.41) is 11.3. The summed E-state index contributed by atoms with van der Waals surface area (Å²) in [6, 6.07) is 0. The first-order valence-electron chi connectivity index (χ1n) is 7.13. The molecule has 1 N–H and O–H groups in total. The van der Waals surface area contributed by atoms with Crippen molar-refractivity contribution >= 4 is 0 Å². The first-order valence-corrected chi connectivity index (χ1v) is 7.13. The van der Waals surface area contributed by atoms with Gasteiger partial charge in [-0.25, -0.2) is 0 Å². The Bertz CT molecular complexity index is 319. The Hall–Kier alpha value is -0.0800. The average molecular weight is 238 g/mol. The molecular weight excluding hydrogens is 212 g/mol. The maximum absolute atomic E-state index is 11.3. The number of hydrogen-bond donors (Lipinski definition) is 1. The molecule has 4 bridgehead atoms. The van der Waals surface area contributed by atoms with Gasteiger partial charge in [-0.1, -0.05) is 20.8 Å². The maximum Gasteiger partial charge on any atom is 0.0776 e. The molecule has 0 aromatic rings. The second-order valence-electron chi connectivity index (χ2n) is 7.65. The number of methoxy groups -OCH3 is 1. The molecule has 98 valence electrons. The van der Waals surface area contributed by atoms with Crippen molar-refractivity contribution in [3.63, 3.8) is 0 Å². The van der Waals surface area contributed by atoms with Gasteiger partial charge in [0.25, 0.3) is 0 Å². The molecule has 0 radical (unpaired) electrons. The Morgan fingerprint density at radius 1 is 1.12 bits per heavy atom. The van der Waals surface area contributed by atoms with E-state index in [1.165, 1.54) is 25.7 Å². The molecule has 0 spiro atoms. The van der Waals surface area contributed by atoms with Gasteiger partial charge in [0.05, 0.1) is 11.7 Å². The van der Waals surface area contributed by atoms with E-state index < -0.39 is 5.60 Å². The minimum Gasteiger partial charge on any atom is -0.389 e. The van der Waals surface area contributed by atoms with E-state index in [9.17, 15) is 5.11 Å². The molecule has 17 heavy (non-hydrogen) atoms. The smallest absolute Gasteiger partial charge is 0.0776 e. The van der Waals surface area contributed by atoms with Gasteiger partial charge in [0.15, 0.2) is 0 Å². The molecule has 2 heteroatoms. The molecule has 0 aliphatic heterocycles. The van der Waals surface area contributed by atoms with Crippen LogP contribution >= 0.6 is 0 Å². The quantitative estimate of drug-likeness (QED) is 0.761. The van der Waals surface area contributed by atoms with Gasteiger partial charge in [-0.05, 0) is 48.9 Å². The second-order valence-corrected chi connectivity index (χ2v) is 7.65. The van der Waals surface area contributed by atoms with Gasteiger partial charge in [0, 0.05) is 13.0 Å². The van der Waals surface area contributed by atoms with Gasteiger partial charge in [0.2, 0.25) is 0 Å². The third-order valence-electron chi connectivity index (χ3n) is 5.95. The number of hydrogen-bond acceptors (Lipinski definition) is 2. The fraction of sp³-hybridized carbons (Fsp3) is 1.00. The average Bonchev–Trinajstić information content (AvgIpc) is 2.23. The molecule has 4 aliphatic carbocycles. The minimum atomic E-state index is -0.513. The summed E-state index contributed by atoms with van der Waals surface area (Å²) in [5.41, 5.74) is -0.548. The van der Waals surface area contributed by atoms with E-state index in [1.807, 2.05) is 7.11 Å². The largest absolute Gasteiger partial charge is 0.389 e. The second kappa shape index (κ2) is 3.48. The van der Waals surface area contributed by atoms with Crippen LogP contribution in [0, 0.1) is 29.1 Å². The first-order chi connectivity index (χ1) is 7.88. The number of aliphatic hydroxyl groups is 1. The number of ether oxygens (including phenoxy) is 1. The summed E-state index contributed by atoms with van der Waals surface area (Å²) in [6.07, 6.45) is 5.24. The molecule has 2 nitrogen and oxygen atoms in total. The van der Waals surface area contributed by atoms with Gasteiger partial charge in [-0.2, -0.15) is 0 Å². The summed E-state index contributed by atoms with van der Waals surface area (Å²) >= 11 is 0. The molecular formula is C15H26O2. The van der Waals surface area contributed by atoms with Crippen molar-refractivity contribution in [3.8, 4) is 0 Å². The van der Waals surface area contributed by atoms with Crippen LogP contribution in [-0.4, -0.2) is 23.9 Å². The van der Waals surface area contributed by atoms with Crippen LogP contribution in [0.1, 0.15) is 46.5 Å². The zero-order valence-corrected chi connectivity index (χ0v) is 11.6. The highest BCUT2D eigenvalue weighted by atomic mass is 16.5. The fourth-order valence-corrected chi connectivity index (χ4v) is 5.38. The lowest BCUT2D eigenvalue weighted by atomic mass is 9.44. The van der Waals surface area contributed by atoms with Crippen molar-refractivity contribution in [3.05, 3.63) is 0 Å². The van der Waals surface area contributed by atoms with E-state index >= 15 is 0 Å². The zero-order chi connectivity index (χ0) is 12.4. The predicted molar refractivity (Wildman–Crippen MR) is 67.6 cm³/mol. The molecule has 6 atom stereocenters. The van der Waals surface area contributed by atoms with Gasteiger partial charge in [-0.15, -0.1) is 0 Å². The Kier molecular flexibility index (Phi) is 2.45. The maximum atomic E-state index is 11.3. The molecule has 4 aliphatic rings. The Balaban J connectivity index is 2.01. The van der Waals surface area contributed by atoms with Crippen LogP contribution in [0.3, 0.4) is 0 Å². The topological polar surface area (TPSA) is 29.5 Å². The third kappa shape index (κ3) is 1.40. The van der Waals surface area contributed by atoms with Crippen LogP contribution in [0.2, 0.25) is 0 Å². The van der Waals surface area contributed by atoms with Crippen molar-refractivity contribution in [1.29, 1.82) is 0 Å². The van der Waals surface area contributed by atoms with Crippen LogP contribution in [0.4, 0.5) is 0 Å². The van der Waals surface area contributed by atoms with Crippen molar-refractivity contribution in [1.82, 2.24) is 0 Å². The molecule has 0 unspecified atom stereocenters. The van der Waals surface area contributed by atoms with Crippen molar-refractivity contribution in [2.24, 2.45) is 29.1 Å². The summed E-state index contributed by atoms with van der Waals surface area (Å²) in [5.74, 6) is 2.45. The summed E-state index contributed by atoms with van der Waals surface area (Å²) in [7, 11) is 1.83. The van der Waals surface area contributed by atoms with Gasteiger partial charge in [-0.3, -0.25) is 0 Å². The van der Waals surface area contributed by atoms with Gasteiger partial charge < -0.3 is 9.84 Å². The highest BCUT2D eigenvalue weighted by molar-refractivity contribution is 5.14. The molecule has 4 rings (SSSR count). The van der Waals surface area contributed by atoms with Gasteiger partial charge >= 0.3 is 0 Å². The van der Waals surface area contributed by atoms with E-state index in [1.54, 1.807) is 0 Å². The Labute approximate surface area is 105 Å². The van der Waals surface area contributed by atoms with Crippen LogP contribution < -0.4 is 0 Å². The van der Waals surface area contributed by atoms with E-state index in [2.05, 4.69) is 20.8 Å². The fourth-order valence-electron chi connectivity index (χ4n) is 5.38. The standard InChI is InChI=1S/C15H26O2/c1-14(2,3)15(16)11-6-9-5-10(8-11)13(17-4)12(15)7-9/h9-13,16H,5-8H2,1-4H3/t9-,10+,11-,12+,13+,15-/m0/s1. The molecule has 0 aromatic carbocycles. The lowest BCUT2D eigenvalue weighted by molar-refractivity contribution is -0.264.